The van der Waals surface area contributed by atoms with Gasteiger partial charge in [-0.25, -0.2) is 13.2 Å². The Hall–Kier alpha value is -3.86. The predicted octanol–water partition coefficient (Wildman–Crippen LogP) is 4.50. The first-order chi connectivity index (χ1) is 18.4. The summed E-state index contributed by atoms with van der Waals surface area (Å²) in [6.45, 7) is 0.0603. The van der Waals surface area contributed by atoms with E-state index in [2.05, 4.69) is 10.6 Å². The number of amides is 2. The van der Waals surface area contributed by atoms with Gasteiger partial charge in [0.1, 0.15) is 11.6 Å². The highest BCUT2D eigenvalue weighted by atomic mass is 35.5. The van der Waals surface area contributed by atoms with Crippen molar-refractivity contribution in [2.24, 2.45) is 0 Å². The van der Waals surface area contributed by atoms with E-state index in [1.54, 1.807) is 30.3 Å². The Morgan fingerprint density at radius 2 is 1.67 bits per heavy atom. The molecule has 39 heavy (non-hydrogen) atoms. The van der Waals surface area contributed by atoms with Crippen molar-refractivity contribution in [2.75, 3.05) is 6.26 Å². The van der Waals surface area contributed by atoms with Crippen LogP contribution < -0.4 is 10.6 Å². The van der Waals surface area contributed by atoms with Gasteiger partial charge in [-0.2, -0.15) is 0 Å². The van der Waals surface area contributed by atoms with Gasteiger partial charge in [-0.3, -0.25) is 9.59 Å². The Balaban J connectivity index is 1.45. The van der Waals surface area contributed by atoms with E-state index in [9.17, 15) is 27.9 Å². The van der Waals surface area contributed by atoms with Crippen molar-refractivity contribution in [3.63, 3.8) is 0 Å². The second-order valence-electron chi connectivity index (χ2n) is 8.78. The van der Waals surface area contributed by atoms with Crippen LogP contribution in [0.5, 0.6) is 0 Å². The van der Waals surface area contributed by atoms with Crippen LogP contribution in [0.15, 0.2) is 76.2 Å². The standard InChI is InChI=1S/C27H22Cl2N2O7S/c1-39(36,37)19-4-2-3-15(9-19)12-22(27(34)35)31-26(33)24-20(28)10-16(11-21(24)29)14-30-25(32)18-6-5-17-7-8-38-23(17)13-18/h2-11,13,22H,12,14H2,1H3,(H,30,32)(H,31,33)(H,34,35). The molecule has 0 bridgehead atoms. The van der Waals surface area contributed by atoms with Crippen LogP contribution in [0, 0.1) is 0 Å². The van der Waals surface area contributed by atoms with Crippen molar-refractivity contribution in [3.05, 3.63) is 99.2 Å². The molecule has 12 heteroatoms. The Labute approximate surface area is 233 Å². The van der Waals surface area contributed by atoms with Crippen LogP contribution in [-0.4, -0.2) is 43.6 Å². The lowest BCUT2D eigenvalue weighted by Gasteiger charge is -2.17. The molecule has 0 aliphatic heterocycles. The van der Waals surface area contributed by atoms with E-state index in [4.69, 9.17) is 27.6 Å². The molecular formula is C27H22Cl2N2O7S. The number of hydrogen-bond acceptors (Lipinski definition) is 6. The summed E-state index contributed by atoms with van der Waals surface area (Å²) in [5.74, 6) is -2.50. The highest BCUT2D eigenvalue weighted by molar-refractivity contribution is 7.90. The average Bonchev–Trinajstić information content (AvgIpc) is 3.34. The molecule has 3 N–H and O–H groups in total. The lowest BCUT2D eigenvalue weighted by molar-refractivity contribution is -0.139. The Bertz CT molecular complexity index is 1680. The maximum absolute atomic E-state index is 12.9. The maximum Gasteiger partial charge on any atom is 0.326 e. The van der Waals surface area contributed by atoms with Crippen LogP contribution in [0.25, 0.3) is 11.0 Å². The smallest absolute Gasteiger partial charge is 0.326 e. The van der Waals surface area contributed by atoms with Gasteiger partial charge in [0.2, 0.25) is 0 Å². The summed E-state index contributed by atoms with van der Waals surface area (Å²) in [6.07, 6.45) is 2.40. The van der Waals surface area contributed by atoms with Crippen LogP contribution in [0.4, 0.5) is 0 Å². The third kappa shape index (κ3) is 6.78. The molecule has 202 valence electrons. The van der Waals surface area contributed by atoms with Crippen LogP contribution in [-0.2, 0) is 27.6 Å². The number of rotatable bonds is 9. The van der Waals surface area contributed by atoms with Crippen molar-refractivity contribution in [1.29, 1.82) is 0 Å². The zero-order chi connectivity index (χ0) is 28.3. The van der Waals surface area contributed by atoms with E-state index in [1.165, 1.54) is 36.6 Å². The Morgan fingerprint density at radius 3 is 2.33 bits per heavy atom. The Kier molecular flexibility index (Phi) is 8.29. The highest BCUT2D eigenvalue weighted by Gasteiger charge is 2.25. The molecule has 0 aliphatic carbocycles. The molecule has 0 saturated heterocycles. The molecule has 4 aromatic rings. The third-order valence-corrected chi connectivity index (χ3v) is 7.58. The summed E-state index contributed by atoms with van der Waals surface area (Å²) in [5, 5.41) is 15.6. The second kappa shape index (κ2) is 11.5. The molecule has 1 atom stereocenters. The van der Waals surface area contributed by atoms with E-state index >= 15 is 0 Å². The normalized spacial score (nSPS) is 12.2. The van der Waals surface area contributed by atoms with E-state index in [0.717, 1.165) is 11.6 Å². The van der Waals surface area contributed by atoms with Gasteiger partial charge in [0, 0.05) is 30.2 Å². The molecular weight excluding hydrogens is 567 g/mol. The first kappa shape index (κ1) is 28.2. The maximum atomic E-state index is 12.9. The summed E-state index contributed by atoms with van der Waals surface area (Å²) in [7, 11) is -3.50. The largest absolute Gasteiger partial charge is 0.480 e. The number of carboxylic acids is 1. The van der Waals surface area contributed by atoms with Gasteiger partial charge in [0.15, 0.2) is 9.84 Å². The van der Waals surface area contributed by atoms with Crippen LogP contribution in [0.1, 0.15) is 31.8 Å². The molecule has 0 aliphatic rings. The summed E-state index contributed by atoms with van der Waals surface area (Å²) < 4.78 is 29.0. The van der Waals surface area contributed by atoms with E-state index in [0.29, 0.717) is 22.3 Å². The zero-order valence-electron chi connectivity index (χ0n) is 20.4. The number of carbonyl (C=O) groups excluding carboxylic acids is 2. The molecule has 1 heterocycles. The van der Waals surface area contributed by atoms with E-state index in [-0.39, 0.29) is 39.4 Å². The van der Waals surface area contributed by atoms with Crippen molar-refractivity contribution in [1.82, 2.24) is 10.6 Å². The zero-order valence-corrected chi connectivity index (χ0v) is 22.7. The number of carbonyl (C=O) groups is 3. The third-order valence-electron chi connectivity index (χ3n) is 5.87. The highest BCUT2D eigenvalue weighted by Crippen LogP contribution is 2.27. The fourth-order valence-electron chi connectivity index (χ4n) is 3.89. The Morgan fingerprint density at radius 1 is 0.949 bits per heavy atom. The molecule has 0 radical (unpaired) electrons. The SMILES string of the molecule is CS(=O)(=O)c1cccc(CC(NC(=O)c2c(Cl)cc(CNC(=O)c3ccc4ccoc4c3)cc2Cl)C(=O)O)c1. The average molecular weight is 589 g/mol. The van der Waals surface area contributed by atoms with Gasteiger partial charge in [0.05, 0.1) is 26.8 Å². The fraction of sp³-hybridized carbons (Fsp3) is 0.148. The number of hydrogen-bond donors (Lipinski definition) is 3. The molecule has 1 aromatic heterocycles. The molecule has 0 spiro atoms. The second-order valence-corrected chi connectivity index (χ2v) is 11.6. The minimum Gasteiger partial charge on any atom is -0.480 e. The van der Waals surface area contributed by atoms with Crippen molar-refractivity contribution in [3.8, 4) is 0 Å². The molecule has 3 aromatic carbocycles. The van der Waals surface area contributed by atoms with Crippen LogP contribution in [0.2, 0.25) is 10.0 Å². The van der Waals surface area contributed by atoms with Crippen LogP contribution >= 0.6 is 23.2 Å². The van der Waals surface area contributed by atoms with Crippen LogP contribution in [0.3, 0.4) is 0 Å². The first-order valence-corrected chi connectivity index (χ1v) is 14.1. The minimum atomic E-state index is -3.50. The first-order valence-electron chi connectivity index (χ1n) is 11.5. The molecule has 9 nitrogen and oxygen atoms in total. The van der Waals surface area contributed by atoms with Crippen molar-refractivity contribution >= 4 is 61.8 Å². The molecule has 0 fully saturated rings. The summed E-state index contributed by atoms with van der Waals surface area (Å²) in [6, 6.07) is 14.2. The molecule has 2 amide bonds. The number of fused-ring (bicyclic) bond motifs is 1. The minimum absolute atomic E-state index is 0.0331. The molecule has 4 rings (SSSR count). The number of nitrogens with one attached hydrogen (secondary N) is 2. The van der Waals surface area contributed by atoms with Gasteiger partial charge < -0.3 is 20.2 Å². The molecule has 1 unspecified atom stereocenters. The monoisotopic (exact) mass is 588 g/mol. The van der Waals surface area contributed by atoms with Gasteiger partial charge in [0.25, 0.3) is 11.8 Å². The quantitative estimate of drug-likeness (QED) is 0.261. The topological polar surface area (TPSA) is 143 Å². The lowest BCUT2D eigenvalue weighted by atomic mass is 10.0. The van der Waals surface area contributed by atoms with Gasteiger partial charge in [-0.15, -0.1) is 0 Å². The van der Waals surface area contributed by atoms with Gasteiger partial charge in [-0.05, 0) is 53.6 Å². The van der Waals surface area contributed by atoms with E-state index < -0.39 is 27.8 Å². The van der Waals surface area contributed by atoms with Crippen molar-refractivity contribution in [2.45, 2.75) is 23.9 Å². The lowest BCUT2D eigenvalue weighted by Crippen LogP contribution is -2.42. The number of furan rings is 1. The summed E-state index contributed by atoms with van der Waals surface area (Å²) >= 11 is 12.6. The number of aliphatic carboxylic acids is 1. The van der Waals surface area contributed by atoms with Gasteiger partial charge in [-0.1, -0.05) is 41.4 Å². The number of benzene rings is 3. The van der Waals surface area contributed by atoms with E-state index in [1.807, 2.05) is 0 Å². The summed E-state index contributed by atoms with van der Waals surface area (Å²) in [5.41, 5.74) is 1.76. The number of sulfone groups is 1. The number of carboxylic acid groups (broad SMARTS) is 1. The molecule has 0 saturated carbocycles. The van der Waals surface area contributed by atoms with Gasteiger partial charge >= 0.3 is 5.97 Å². The van der Waals surface area contributed by atoms with Crippen molar-refractivity contribution < 1.29 is 32.3 Å². The fourth-order valence-corrected chi connectivity index (χ4v) is 5.29. The number of halogens is 2. The summed E-state index contributed by atoms with van der Waals surface area (Å²) in [4.78, 5) is 37.4. The predicted molar refractivity (Wildman–Crippen MR) is 146 cm³/mol.